The molecule has 3 aromatic rings. The van der Waals surface area contributed by atoms with E-state index in [9.17, 15) is 0 Å². The Bertz CT molecular complexity index is 723. The van der Waals surface area contributed by atoms with Gasteiger partial charge in [-0.05, 0) is 30.7 Å². The molecular formula is C15H16N4OS. The Labute approximate surface area is 127 Å². The average molecular weight is 300 g/mol. The minimum absolute atomic E-state index is 0.399. The van der Waals surface area contributed by atoms with Crippen molar-refractivity contribution < 1.29 is 4.74 Å². The van der Waals surface area contributed by atoms with Crippen LogP contribution in [-0.4, -0.2) is 21.1 Å². The number of benzene rings is 1. The van der Waals surface area contributed by atoms with Crippen molar-refractivity contribution in [3.05, 3.63) is 42.2 Å². The van der Waals surface area contributed by atoms with Gasteiger partial charge in [0.15, 0.2) is 0 Å². The first kappa shape index (κ1) is 13.8. The van der Waals surface area contributed by atoms with E-state index in [-0.39, 0.29) is 0 Å². The van der Waals surface area contributed by atoms with Crippen molar-refractivity contribution >= 4 is 27.4 Å². The van der Waals surface area contributed by atoms with Gasteiger partial charge >= 0.3 is 0 Å². The van der Waals surface area contributed by atoms with Crippen LogP contribution < -0.4 is 10.1 Å². The van der Waals surface area contributed by atoms with Crippen LogP contribution in [0.1, 0.15) is 19.0 Å². The summed E-state index contributed by atoms with van der Waals surface area (Å²) in [5.74, 6) is 0.815. The molecule has 3 rings (SSSR count). The minimum atomic E-state index is 0.399. The van der Waals surface area contributed by atoms with Crippen LogP contribution in [0.2, 0.25) is 0 Å². The summed E-state index contributed by atoms with van der Waals surface area (Å²) in [5, 5.41) is 9.43. The largest absolute Gasteiger partial charge is 0.486 e. The number of anilines is 1. The molecule has 1 N–H and O–H groups in total. The van der Waals surface area contributed by atoms with Crippen LogP contribution in [0.4, 0.5) is 5.00 Å². The number of hydrogen-bond donors (Lipinski definition) is 1. The molecule has 0 atom stereocenters. The summed E-state index contributed by atoms with van der Waals surface area (Å²) >= 11 is 1.36. The van der Waals surface area contributed by atoms with E-state index in [4.69, 9.17) is 4.74 Å². The molecule has 0 saturated heterocycles. The van der Waals surface area contributed by atoms with Crippen LogP contribution in [0, 0.1) is 0 Å². The maximum Gasteiger partial charge on any atom is 0.136 e. The molecular weight excluding hydrogens is 284 g/mol. The van der Waals surface area contributed by atoms with Crippen molar-refractivity contribution in [2.75, 3.05) is 11.9 Å². The summed E-state index contributed by atoms with van der Waals surface area (Å²) in [6, 6.07) is 9.78. The fraction of sp³-hybridized carbons (Fsp3) is 0.267. The Balaban J connectivity index is 1.76. The lowest BCUT2D eigenvalue weighted by molar-refractivity contribution is 0.305. The standard InChI is InChI=1S/C15H16N4OS/c1-2-8-17-15-13(18-19-21-15)10-20-14-7-3-6-12-11(14)5-4-9-16-12/h3-7,9,17H,2,8,10H2,1H3. The molecule has 2 aromatic heterocycles. The van der Waals surface area contributed by atoms with Crippen molar-refractivity contribution in [2.45, 2.75) is 20.0 Å². The van der Waals surface area contributed by atoms with Gasteiger partial charge in [-0.2, -0.15) is 0 Å². The maximum atomic E-state index is 5.91. The number of fused-ring (bicyclic) bond motifs is 1. The average Bonchev–Trinajstić information content (AvgIpc) is 2.98. The second-order valence-electron chi connectivity index (χ2n) is 4.59. The Morgan fingerprint density at radius 1 is 1.24 bits per heavy atom. The molecule has 6 heteroatoms. The van der Waals surface area contributed by atoms with Crippen LogP contribution in [0.15, 0.2) is 36.5 Å². The van der Waals surface area contributed by atoms with Crippen molar-refractivity contribution in [2.24, 2.45) is 0 Å². The number of ether oxygens (including phenoxy) is 1. The molecule has 2 heterocycles. The third-order valence-electron chi connectivity index (χ3n) is 3.06. The highest BCUT2D eigenvalue weighted by Gasteiger charge is 2.09. The van der Waals surface area contributed by atoms with Crippen molar-refractivity contribution in [1.29, 1.82) is 0 Å². The third kappa shape index (κ3) is 3.11. The second kappa shape index (κ2) is 6.49. The minimum Gasteiger partial charge on any atom is -0.486 e. The van der Waals surface area contributed by atoms with Gasteiger partial charge in [-0.25, -0.2) is 0 Å². The lowest BCUT2D eigenvalue weighted by Crippen LogP contribution is -2.03. The molecule has 0 aliphatic carbocycles. The fourth-order valence-electron chi connectivity index (χ4n) is 2.02. The van der Waals surface area contributed by atoms with Crippen LogP contribution in [0.25, 0.3) is 10.9 Å². The van der Waals surface area contributed by atoms with Crippen LogP contribution in [-0.2, 0) is 6.61 Å². The van der Waals surface area contributed by atoms with Gasteiger partial charge in [-0.15, -0.1) is 5.10 Å². The van der Waals surface area contributed by atoms with E-state index in [0.29, 0.717) is 6.61 Å². The number of aromatic nitrogens is 3. The van der Waals surface area contributed by atoms with E-state index in [1.54, 1.807) is 6.20 Å². The Hall–Kier alpha value is -2.21. The fourth-order valence-corrected chi connectivity index (χ4v) is 2.62. The van der Waals surface area contributed by atoms with Gasteiger partial charge in [-0.3, -0.25) is 4.98 Å². The number of rotatable bonds is 6. The topological polar surface area (TPSA) is 59.9 Å². The highest BCUT2D eigenvalue weighted by Crippen LogP contribution is 2.26. The Kier molecular flexibility index (Phi) is 4.25. The summed E-state index contributed by atoms with van der Waals surface area (Å²) in [7, 11) is 0. The Morgan fingerprint density at radius 2 is 2.19 bits per heavy atom. The SMILES string of the molecule is CCCNc1snnc1COc1cccc2ncccc12. The first-order valence-electron chi connectivity index (χ1n) is 6.90. The van der Waals surface area contributed by atoms with Crippen molar-refractivity contribution in [3.63, 3.8) is 0 Å². The van der Waals surface area contributed by atoms with Gasteiger partial charge in [0.1, 0.15) is 23.1 Å². The molecule has 0 saturated carbocycles. The highest BCUT2D eigenvalue weighted by atomic mass is 32.1. The zero-order valence-corrected chi connectivity index (χ0v) is 12.6. The second-order valence-corrected chi connectivity index (χ2v) is 5.34. The van der Waals surface area contributed by atoms with Gasteiger partial charge in [0.05, 0.1) is 5.52 Å². The predicted octanol–water partition coefficient (Wildman–Crippen LogP) is 3.49. The summed E-state index contributed by atoms with van der Waals surface area (Å²) in [4.78, 5) is 4.33. The summed E-state index contributed by atoms with van der Waals surface area (Å²) in [6.45, 7) is 3.44. The lowest BCUT2D eigenvalue weighted by atomic mass is 10.2. The van der Waals surface area contributed by atoms with Crippen LogP contribution >= 0.6 is 11.5 Å². The number of pyridine rings is 1. The quantitative estimate of drug-likeness (QED) is 0.755. The van der Waals surface area contributed by atoms with Gasteiger partial charge in [0.2, 0.25) is 0 Å². The van der Waals surface area contributed by atoms with Gasteiger partial charge in [0.25, 0.3) is 0 Å². The molecule has 0 unspecified atom stereocenters. The Morgan fingerprint density at radius 3 is 3.10 bits per heavy atom. The number of nitrogens with zero attached hydrogens (tertiary/aromatic N) is 3. The molecule has 0 amide bonds. The molecule has 0 aliphatic heterocycles. The molecule has 5 nitrogen and oxygen atoms in total. The molecule has 0 aliphatic rings. The van der Waals surface area contributed by atoms with E-state index in [1.807, 2.05) is 30.3 Å². The molecule has 1 aromatic carbocycles. The van der Waals surface area contributed by atoms with Crippen LogP contribution in [0.5, 0.6) is 5.75 Å². The normalized spacial score (nSPS) is 10.7. The monoisotopic (exact) mass is 300 g/mol. The summed E-state index contributed by atoms with van der Waals surface area (Å²) in [5.41, 5.74) is 1.77. The molecule has 0 radical (unpaired) electrons. The van der Waals surface area contributed by atoms with Crippen molar-refractivity contribution in [3.8, 4) is 5.75 Å². The number of nitrogens with one attached hydrogen (secondary N) is 1. The third-order valence-corrected chi connectivity index (χ3v) is 3.79. The van der Waals surface area contributed by atoms with E-state index in [0.717, 1.165) is 40.3 Å². The predicted molar refractivity (Wildman–Crippen MR) is 84.8 cm³/mol. The zero-order chi connectivity index (χ0) is 14.5. The smallest absolute Gasteiger partial charge is 0.136 e. The molecule has 0 bridgehead atoms. The maximum absolute atomic E-state index is 5.91. The first-order chi connectivity index (χ1) is 10.4. The number of hydrogen-bond acceptors (Lipinski definition) is 6. The van der Waals surface area contributed by atoms with E-state index < -0.39 is 0 Å². The first-order valence-corrected chi connectivity index (χ1v) is 7.67. The molecule has 108 valence electrons. The van der Waals surface area contributed by atoms with Gasteiger partial charge in [0, 0.05) is 29.7 Å². The summed E-state index contributed by atoms with van der Waals surface area (Å²) in [6.07, 6.45) is 2.84. The molecule has 0 spiro atoms. The molecule has 21 heavy (non-hydrogen) atoms. The van der Waals surface area contributed by atoms with E-state index in [1.165, 1.54) is 11.5 Å². The molecule has 0 fully saturated rings. The van der Waals surface area contributed by atoms with Crippen LogP contribution in [0.3, 0.4) is 0 Å². The lowest BCUT2D eigenvalue weighted by Gasteiger charge is -2.08. The van der Waals surface area contributed by atoms with E-state index >= 15 is 0 Å². The highest BCUT2D eigenvalue weighted by molar-refractivity contribution is 7.10. The van der Waals surface area contributed by atoms with Crippen molar-refractivity contribution in [1.82, 2.24) is 14.6 Å². The zero-order valence-electron chi connectivity index (χ0n) is 11.7. The van der Waals surface area contributed by atoms with Gasteiger partial charge in [-0.1, -0.05) is 17.5 Å². The summed E-state index contributed by atoms with van der Waals surface area (Å²) < 4.78 is 9.89. The van der Waals surface area contributed by atoms with Gasteiger partial charge < -0.3 is 10.1 Å². The van der Waals surface area contributed by atoms with E-state index in [2.05, 4.69) is 26.8 Å².